The highest BCUT2D eigenvalue weighted by Crippen LogP contribution is 2.24. The van der Waals surface area contributed by atoms with Gasteiger partial charge in [-0.05, 0) is 54.7 Å². The van der Waals surface area contributed by atoms with Crippen LogP contribution in [0.2, 0.25) is 5.02 Å². The van der Waals surface area contributed by atoms with Crippen molar-refractivity contribution in [3.05, 3.63) is 63.7 Å². The zero-order valence-electron chi connectivity index (χ0n) is 14.1. The van der Waals surface area contributed by atoms with Crippen LogP contribution in [0, 0.1) is 0 Å². The van der Waals surface area contributed by atoms with E-state index in [4.69, 9.17) is 16.3 Å². The van der Waals surface area contributed by atoms with Crippen molar-refractivity contribution in [2.75, 3.05) is 12.9 Å². The summed E-state index contributed by atoms with van der Waals surface area (Å²) in [5.41, 5.74) is 2.82. The van der Waals surface area contributed by atoms with E-state index < -0.39 is 22.4 Å². The number of sulfone groups is 1. The van der Waals surface area contributed by atoms with Gasteiger partial charge in [0.15, 0.2) is 22.2 Å². The standard InChI is InChI=1S/C19H17ClO5S/c1-26(23,24)15-7-8-17(20)16(10-15)19(22)25-11-18(21)14-6-5-12-3-2-4-13(12)9-14/h5-10H,2-4,11H2,1H3. The quantitative estimate of drug-likeness (QED) is 0.576. The number of carbonyl (C=O) groups excluding carboxylic acids is 2. The molecule has 0 unspecified atom stereocenters. The SMILES string of the molecule is CS(=O)(=O)c1ccc(Cl)c(C(=O)OCC(=O)c2ccc3c(c2)CCC3)c1. The smallest absolute Gasteiger partial charge is 0.340 e. The average molecular weight is 393 g/mol. The number of hydrogen-bond donors (Lipinski definition) is 0. The van der Waals surface area contributed by atoms with Crippen LogP contribution in [0.3, 0.4) is 0 Å². The van der Waals surface area contributed by atoms with Gasteiger partial charge < -0.3 is 4.74 Å². The molecule has 0 N–H and O–H groups in total. The minimum Gasteiger partial charge on any atom is -0.454 e. The van der Waals surface area contributed by atoms with Crippen molar-refractivity contribution >= 4 is 33.2 Å². The Morgan fingerprint density at radius 2 is 1.81 bits per heavy atom. The van der Waals surface area contributed by atoms with E-state index in [1.807, 2.05) is 12.1 Å². The Hall–Kier alpha value is -2.18. The first kappa shape index (κ1) is 18.6. The molecule has 136 valence electrons. The van der Waals surface area contributed by atoms with Crippen LogP contribution >= 0.6 is 11.6 Å². The summed E-state index contributed by atoms with van der Waals surface area (Å²) in [6.45, 7) is -0.433. The first-order valence-corrected chi connectivity index (χ1v) is 10.3. The molecule has 1 aliphatic rings. The Bertz CT molecular complexity index is 995. The third-order valence-corrected chi connectivity index (χ3v) is 5.78. The predicted molar refractivity (Wildman–Crippen MR) is 97.6 cm³/mol. The lowest BCUT2D eigenvalue weighted by molar-refractivity contribution is 0.0474. The fourth-order valence-electron chi connectivity index (χ4n) is 2.93. The molecule has 0 bridgehead atoms. The van der Waals surface area contributed by atoms with Gasteiger partial charge in [-0.25, -0.2) is 13.2 Å². The largest absolute Gasteiger partial charge is 0.454 e. The van der Waals surface area contributed by atoms with E-state index in [0.29, 0.717) is 5.56 Å². The summed E-state index contributed by atoms with van der Waals surface area (Å²) < 4.78 is 28.3. The molecule has 3 rings (SSSR count). The Morgan fingerprint density at radius 3 is 2.54 bits per heavy atom. The molecular weight excluding hydrogens is 376 g/mol. The number of fused-ring (bicyclic) bond motifs is 1. The third-order valence-electron chi connectivity index (χ3n) is 4.34. The monoisotopic (exact) mass is 392 g/mol. The molecule has 0 amide bonds. The average Bonchev–Trinajstić information content (AvgIpc) is 3.06. The van der Waals surface area contributed by atoms with E-state index in [0.717, 1.165) is 37.1 Å². The lowest BCUT2D eigenvalue weighted by Crippen LogP contribution is -2.15. The number of aryl methyl sites for hydroxylation is 2. The number of carbonyl (C=O) groups is 2. The molecule has 0 spiro atoms. The molecular formula is C19H17ClO5S. The molecule has 2 aromatic rings. The molecule has 7 heteroatoms. The Morgan fingerprint density at radius 1 is 1.08 bits per heavy atom. The summed E-state index contributed by atoms with van der Waals surface area (Å²) in [6, 6.07) is 9.29. The van der Waals surface area contributed by atoms with Gasteiger partial charge in [-0.1, -0.05) is 23.7 Å². The lowest BCUT2D eigenvalue weighted by atomic mass is 10.0. The zero-order valence-corrected chi connectivity index (χ0v) is 15.7. The number of ketones is 1. The number of hydrogen-bond acceptors (Lipinski definition) is 5. The second-order valence-corrected chi connectivity index (χ2v) is 8.67. The highest BCUT2D eigenvalue weighted by Gasteiger charge is 2.19. The van der Waals surface area contributed by atoms with E-state index in [-0.39, 0.29) is 21.3 Å². The second-order valence-electron chi connectivity index (χ2n) is 6.25. The second kappa shape index (κ2) is 7.21. The van der Waals surface area contributed by atoms with Crippen molar-refractivity contribution in [3.63, 3.8) is 0 Å². The zero-order chi connectivity index (χ0) is 18.9. The first-order valence-electron chi connectivity index (χ1n) is 8.07. The molecule has 0 atom stereocenters. The summed E-state index contributed by atoms with van der Waals surface area (Å²) in [5, 5.41) is 0.0624. The number of Topliss-reactive ketones (excluding diaryl/α,β-unsaturated/α-hetero) is 1. The van der Waals surface area contributed by atoms with Crippen LogP contribution in [-0.4, -0.2) is 33.0 Å². The van der Waals surface area contributed by atoms with Crippen molar-refractivity contribution in [2.45, 2.75) is 24.2 Å². The van der Waals surface area contributed by atoms with E-state index in [1.165, 1.54) is 17.7 Å². The van der Waals surface area contributed by atoms with Crippen molar-refractivity contribution in [2.24, 2.45) is 0 Å². The number of halogens is 1. The Kier molecular flexibility index (Phi) is 5.16. The molecule has 0 radical (unpaired) electrons. The first-order chi connectivity index (χ1) is 12.3. The molecule has 0 heterocycles. The maximum Gasteiger partial charge on any atom is 0.340 e. The molecule has 0 aromatic heterocycles. The fourth-order valence-corrected chi connectivity index (χ4v) is 3.77. The molecule has 5 nitrogen and oxygen atoms in total. The molecule has 0 saturated heterocycles. The lowest BCUT2D eigenvalue weighted by Gasteiger charge is -2.08. The maximum atomic E-state index is 12.3. The summed E-state index contributed by atoms with van der Waals surface area (Å²) >= 11 is 5.96. The summed E-state index contributed by atoms with van der Waals surface area (Å²) in [5.74, 6) is -1.15. The maximum absolute atomic E-state index is 12.3. The van der Waals surface area contributed by atoms with Crippen LogP contribution in [-0.2, 0) is 27.4 Å². The van der Waals surface area contributed by atoms with Crippen molar-refractivity contribution in [3.8, 4) is 0 Å². The van der Waals surface area contributed by atoms with Gasteiger partial charge in [-0.15, -0.1) is 0 Å². The van der Waals surface area contributed by atoms with Crippen molar-refractivity contribution < 1.29 is 22.7 Å². The topological polar surface area (TPSA) is 77.5 Å². The minimum absolute atomic E-state index is 0.0428. The molecule has 1 aliphatic carbocycles. The van der Waals surface area contributed by atoms with E-state index >= 15 is 0 Å². The van der Waals surface area contributed by atoms with Gasteiger partial charge in [0.2, 0.25) is 0 Å². The van der Waals surface area contributed by atoms with Gasteiger partial charge in [0, 0.05) is 11.8 Å². The Balaban J connectivity index is 1.72. The number of benzene rings is 2. The molecule has 26 heavy (non-hydrogen) atoms. The van der Waals surface area contributed by atoms with Crippen LogP contribution in [0.25, 0.3) is 0 Å². The molecule has 0 aliphatic heterocycles. The molecule has 2 aromatic carbocycles. The number of esters is 1. The summed E-state index contributed by atoms with van der Waals surface area (Å²) in [4.78, 5) is 24.5. The molecule has 0 fully saturated rings. The fraction of sp³-hybridized carbons (Fsp3) is 0.263. The van der Waals surface area contributed by atoms with Gasteiger partial charge in [0.1, 0.15) is 0 Å². The van der Waals surface area contributed by atoms with Crippen molar-refractivity contribution in [1.29, 1.82) is 0 Å². The normalized spacial score (nSPS) is 13.3. The third kappa shape index (κ3) is 3.97. The summed E-state index contributed by atoms with van der Waals surface area (Å²) in [7, 11) is -3.49. The highest BCUT2D eigenvalue weighted by molar-refractivity contribution is 7.90. The van der Waals surface area contributed by atoms with Crippen LogP contribution in [0.1, 0.15) is 38.3 Å². The van der Waals surface area contributed by atoms with Gasteiger partial charge in [0.05, 0.1) is 15.5 Å². The molecule has 0 saturated carbocycles. The Labute approximate surface area is 156 Å². The number of rotatable bonds is 5. The van der Waals surface area contributed by atoms with Crippen LogP contribution < -0.4 is 0 Å². The van der Waals surface area contributed by atoms with Gasteiger partial charge in [0.25, 0.3) is 0 Å². The van der Waals surface area contributed by atoms with Crippen molar-refractivity contribution in [1.82, 2.24) is 0 Å². The van der Waals surface area contributed by atoms with E-state index in [1.54, 1.807) is 6.07 Å². The van der Waals surface area contributed by atoms with Gasteiger partial charge in [-0.3, -0.25) is 4.79 Å². The summed E-state index contributed by atoms with van der Waals surface area (Å²) in [6.07, 6.45) is 4.08. The van der Waals surface area contributed by atoms with E-state index in [9.17, 15) is 18.0 Å². The van der Waals surface area contributed by atoms with E-state index in [2.05, 4.69) is 0 Å². The van der Waals surface area contributed by atoms with Gasteiger partial charge >= 0.3 is 5.97 Å². The van der Waals surface area contributed by atoms with Crippen LogP contribution in [0.4, 0.5) is 0 Å². The highest BCUT2D eigenvalue weighted by atomic mass is 35.5. The number of ether oxygens (including phenoxy) is 1. The minimum atomic E-state index is -3.49. The van der Waals surface area contributed by atoms with Crippen LogP contribution in [0.15, 0.2) is 41.3 Å². The van der Waals surface area contributed by atoms with Crippen LogP contribution in [0.5, 0.6) is 0 Å². The van der Waals surface area contributed by atoms with Gasteiger partial charge in [-0.2, -0.15) is 0 Å². The predicted octanol–water partition coefficient (Wildman–Crippen LogP) is 3.27.